The molecule has 2 rings (SSSR count). The minimum Gasteiger partial charge on any atom is -0.391 e. The van der Waals surface area contributed by atoms with Gasteiger partial charge in [0.1, 0.15) is 5.69 Å². The van der Waals surface area contributed by atoms with Gasteiger partial charge in [-0.2, -0.15) is 0 Å². The Labute approximate surface area is 105 Å². The maximum atomic E-state index is 11.5. The van der Waals surface area contributed by atoms with Gasteiger partial charge in [-0.15, -0.1) is 0 Å². The maximum Gasteiger partial charge on any atom is 0.276 e. The number of nitrogens with zero attached hydrogens (tertiary/aromatic N) is 2. The number of H-pyrrole nitrogens is 1. The van der Waals surface area contributed by atoms with Gasteiger partial charge < -0.3 is 15.6 Å². The lowest BCUT2D eigenvalue weighted by Crippen LogP contribution is -2.23. The second-order valence-corrected chi connectivity index (χ2v) is 4.05. The van der Waals surface area contributed by atoms with Crippen LogP contribution in [0.25, 0.3) is 0 Å². The molecule has 0 amide bonds. The van der Waals surface area contributed by atoms with Crippen molar-refractivity contribution in [3.8, 4) is 0 Å². The molecule has 0 unspecified atom stereocenters. The topological polar surface area (TPSA) is 75.0 Å². The van der Waals surface area contributed by atoms with E-state index in [4.69, 9.17) is 5.73 Å². The predicted molar refractivity (Wildman–Crippen MR) is 73.1 cm³/mol. The number of aromatic nitrogens is 2. The van der Waals surface area contributed by atoms with E-state index in [0.29, 0.717) is 12.4 Å². The quantitative estimate of drug-likeness (QED) is 0.863. The highest BCUT2D eigenvalue weighted by atomic mass is 16.1. The number of anilines is 3. The van der Waals surface area contributed by atoms with Crippen molar-refractivity contribution in [3.63, 3.8) is 0 Å². The molecule has 94 valence electrons. The Balaban J connectivity index is 2.52. The molecule has 0 atom stereocenters. The summed E-state index contributed by atoms with van der Waals surface area (Å²) in [5, 5.41) is 0. The molecule has 0 aliphatic carbocycles. The molecule has 0 saturated heterocycles. The highest BCUT2D eigenvalue weighted by Gasteiger charge is 2.13. The molecule has 1 aromatic carbocycles. The van der Waals surface area contributed by atoms with Gasteiger partial charge in [0.2, 0.25) is 0 Å². The smallest absolute Gasteiger partial charge is 0.276 e. The van der Waals surface area contributed by atoms with Crippen LogP contribution in [0.1, 0.15) is 12.5 Å². The third-order valence-corrected chi connectivity index (χ3v) is 2.75. The number of hydrogen-bond acceptors (Lipinski definition) is 4. The van der Waals surface area contributed by atoms with Gasteiger partial charge >= 0.3 is 0 Å². The van der Waals surface area contributed by atoms with Crippen molar-refractivity contribution in [2.45, 2.75) is 13.8 Å². The van der Waals surface area contributed by atoms with E-state index >= 15 is 0 Å². The second-order valence-electron chi connectivity index (χ2n) is 4.05. The summed E-state index contributed by atoms with van der Waals surface area (Å²) in [5.74, 6) is 0.492. The van der Waals surface area contributed by atoms with Gasteiger partial charge in [-0.25, -0.2) is 4.98 Å². The van der Waals surface area contributed by atoms with Crippen LogP contribution in [0, 0.1) is 6.92 Å². The molecule has 0 bridgehead atoms. The fourth-order valence-electron chi connectivity index (χ4n) is 1.87. The lowest BCUT2D eigenvalue weighted by Gasteiger charge is -2.23. The number of aromatic amines is 1. The maximum absolute atomic E-state index is 11.5. The molecule has 0 aliphatic rings. The first-order chi connectivity index (χ1) is 8.63. The van der Waals surface area contributed by atoms with Crippen molar-refractivity contribution in [3.05, 3.63) is 46.5 Å². The first-order valence-corrected chi connectivity index (χ1v) is 5.81. The molecule has 0 radical (unpaired) electrons. The number of benzene rings is 1. The van der Waals surface area contributed by atoms with Crippen LogP contribution in [0.3, 0.4) is 0 Å². The first-order valence-electron chi connectivity index (χ1n) is 5.81. The van der Waals surface area contributed by atoms with Crippen LogP contribution in [0.15, 0.2) is 35.4 Å². The first kappa shape index (κ1) is 12.2. The minimum absolute atomic E-state index is 0.140. The molecule has 5 heteroatoms. The summed E-state index contributed by atoms with van der Waals surface area (Å²) < 4.78 is 0. The van der Waals surface area contributed by atoms with Crippen LogP contribution in [-0.2, 0) is 0 Å². The fourth-order valence-corrected chi connectivity index (χ4v) is 1.87. The molecule has 2 aromatic rings. The zero-order valence-electron chi connectivity index (χ0n) is 10.5. The van der Waals surface area contributed by atoms with E-state index in [1.54, 1.807) is 0 Å². The van der Waals surface area contributed by atoms with E-state index in [1.165, 1.54) is 6.33 Å². The van der Waals surface area contributed by atoms with E-state index in [2.05, 4.69) is 9.97 Å². The Hall–Kier alpha value is -2.30. The Morgan fingerprint density at radius 3 is 2.89 bits per heavy atom. The largest absolute Gasteiger partial charge is 0.391 e. The lowest BCUT2D eigenvalue weighted by molar-refractivity contribution is 0.970. The van der Waals surface area contributed by atoms with E-state index in [1.807, 2.05) is 43.0 Å². The average molecular weight is 244 g/mol. The highest BCUT2D eigenvalue weighted by Crippen LogP contribution is 2.26. The SMILES string of the molecule is CCN(c1cccc(C)c1)c1nc[nH]c(=O)c1N. The predicted octanol–water partition coefficient (Wildman–Crippen LogP) is 1.82. The Kier molecular flexibility index (Phi) is 3.32. The van der Waals surface area contributed by atoms with Crippen LogP contribution in [0.4, 0.5) is 17.2 Å². The van der Waals surface area contributed by atoms with Crippen LogP contribution < -0.4 is 16.2 Å². The standard InChI is InChI=1S/C13H16N4O/c1-3-17(10-6-4-5-9(2)7-10)12-11(14)13(18)16-8-15-12/h4-8H,3,14H2,1-2H3,(H,15,16,18). The van der Waals surface area contributed by atoms with Crippen molar-refractivity contribution in [2.75, 3.05) is 17.2 Å². The van der Waals surface area contributed by atoms with E-state index in [0.717, 1.165) is 11.3 Å². The van der Waals surface area contributed by atoms with Gasteiger partial charge in [-0.1, -0.05) is 12.1 Å². The van der Waals surface area contributed by atoms with Crippen LogP contribution in [-0.4, -0.2) is 16.5 Å². The molecular formula is C13H16N4O. The number of nitrogens with one attached hydrogen (secondary N) is 1. The van der Waals surface area contributed by atoms with Gasteiger partial charge in [-0.05, 0) is 31.5 Å². The van der Waals surface area contributed by atoms with Crippen molar-refractivity contribution in [1.82, 2.24) is 9.97 Å². The van der Waals surface area contributed by atoms with Crippen LogP contribution >= 0.6 is 0 Å². The third kappa shape index (κ3) is 2.20. The molecule has 3 N–H and O–H groups in total. The Bertz CT molecular complexity index is 606. The number of nitrogens with two attached hydrogens (primary N) is 1. The molecule has 1 heterocycles. The third-order valence-electron chi connectivity index (χ3n) is 2.75. The number of aryl methyl sites for hydroxylation is 1. The molecule has 18 heavy (non-hydrogen) atoms. The summed E-state index contributed by atoms with van der Waals surface area (Å²) in [5.41, 5.74) is 7.73. The zero-order valence-corrected chi connectivity index (χ0v) is 10.5. The highest BCUT2D eigenvalue weighted by molar-refractivity contribution is 5.70. The van der Waals surface area contributed by atoms with Crippen molar-refractivity contribution < 1.29 is 0 Å². The Morgan fingerprint density at radius 2 is 2.22 bits per heavy atom. The van der Waals surface area contributed by atoms with Crippen molar-refractivity contribution >= 4 is 17.2 Å². The second kappa shape index (κ2) is 4.91. The summed E-state index contributed by atoms with van der Waals surface area (Å²) in [6.45, 7) is 4.70. The van der Waals surface area contributed by atoms with Crippen molar-refractivity contribution in [2.24, 2.45) is 0 Å². The molecule has 0 spiro atoms. The van der Waals surface area contributed by atoms with Crippen molar-refractivity contribution in [1.29, 1.82) is 0 Å². The molecule has 0 saturated carbocycles. The monoisotopic (exact) mass is 244 g/mol. The molecule has 5 nitrogen and oxygen atoms in total. The average Bonchev–Trinajstić information content (AvgIpc) is 2.35. The molecular weight excluding hydrogens is 228 g/mol. The van der Waals surface area contributed by atoms with E-state index in [-0.39, 0.29) is 11.2 Å². The Morgan fingerprint density at radius 1 is 1.44 bits per heavy atom. The number of rotatable bonds is 3. The van der Waals surface area contributed by atoms with Crippen LogP contribution in [0.5, 0.6) is 0 Å². The van der Waals surface area contributed by atoms with Gasteiger partial charge in [0, 0.05) is 12.2 Å². The molecule has 0 aliphatic heterocycles. The van der Waals surface area contributed by atoms with Gasteiger partial charge in [0.05, 0.1) is 6.33 Å². The molecule has 1 aromatic heterocycles. The van der Waals surface area contributed by atoms with Gasteiger partial charge in [0.15, 0.2) is 5.82 Å². The summed E-state index contributed by atoms with van der Waals surface area (Å²) in [7, 11) is 0. The minimum atomic E-state index is -0.314. The summed E-state index contributed by atoms with van der Waals surface area (Å²) >= 11 is 0. The van der Waals surface area contributed by atoms with Crippen LogP contribution in [0.2, 0.25) is 0 Å². The summed E-state index contributed by atoms with van der Waals surface area (Å²) in [6, 6.07) is 7.99. The number of hydrogen-bond donors (Lipinski definition) is 2. The zero-order chi connectivity index (χ0) is 13.1. The molecule has 0 fully saturated rings. The lowest BCUT2D eigenvalue weighted by atomic mass is 10.2. The fraction of sp³-hybridized carbons (Fsp3) is 0.231. The van der Waals surface area contributed by atoms with E-state index < -0.39 is 0 Å². The normalized spacial score (nSPS) is 10.3. The van der Waals surface area contributed by atoms with Gasteiger partial charge in [-0.3, -0.25) is 4.79 Å². The summed E-state index contributed by atoms with van der Waals surface area (Å²) in [6.07, 6.45) is 1.37. The summed E-state index contributed by atoms with van der Waals surface area (Å²) in [4.78, 5) is 20.1. The van der Waals surface area contributed by atoms with E-state index in [9.17, 15) is 4.79 Å². The number of nitrogen functional groups attached to an aromatic ring is 1. The van der Waals surface area contributed by atoms with Gasteiger partial charge in [0.25, 0.3) is 5.56 Å².